The molecule has 0 atom stereocenters. The maximum Gasteiger partial charge on any atom is 0.363 e. The van der Waals surface area contributed by atoms with Gasteiger partial charge in [0.05, 0.1) is 0 Å². The highest BCUT2D eigenvalue weighted by Crippen LogP contribution is 2.26. The molecule has 0 aromatic heterocycles. The third-order valence-electron chi connectivity index (χ3n) is 2.95. The van der Waals surface area contributed by atoms with Gasteiger partial charge in [-0.2, -0.15) is 0 Å². The molecule has 22 heavy (non-hydrogen) atoms. The van der Waals surface area contributed by atoms with Crippen LogP contribution in [0, 0.1) is 0 Å². The minimum Gasteiger partial charge on any atom is -0.402 e. The molecule has 1 aliphatic heterocycles. The third kappa shape index (κ3) is 3.24. The maximum atomic E-state index is 11.9. The van der Waals surface area contributed by atoms with E-state index >= 15 is 0 Å². The summed E-state index contributed by atoms with van der Waals surface area (Å²) in [6, 6.07) is 12.4. The number of ether oxygens (including phenoxy) is 1. The van der Waals surface area contributed by atoms with Crippen LogP contribution >= 0.6 is 39.1 Å². The zero-order valence-electron chi connectivity index (χ0n) is 11.0. The number of hydrogen-bond donors (Lipinski definition) is 0. The summed E-state index contributed by atoms with van der Waals surface area (Å²) in [6.07, 6.45) is 1.58. The van der Waals surface area contributed by atoms with Crippen molar-refractivity contribution in [3.8, 4) is 0 Å². The van der Waals surface area contributed by atoms with E-state index in [2.05, 4.69) is 20.9 Å². The van der Waals surface area contributed by atoms with Crippen molar-refractivity contribution in [3.05, 3.63) is 73.8 Å². The molecule has 0 bridgehead atoms. The minimum absolute atomic E-state index is 0.194. The van der Waals surface area contributed by atoms with Crippen molar-refractivity contribution in [2.45, 2.75) is 0 Å². The lowest BCUT2D eigenvalue weighted by Crippen LogP contribution is -2.05. The first-order valence-electron chi connectivity index (χ1n) is 6.26. The average molecular weight is 397 g/mol. The van der Waals surface area contributed by atoms with Crippen LogP contribution in [0.3, 0.4) is 0 Å². The lowest BCUT2D eigenvalue weighted by atomic mass is 10.2. The van der Waals surface area contributed by atoms with E-state index in [0.29, 0.717) is 21.2 Å². The summed E-state index contributed by atoms with van der Waals surface area (Å²) in [7, 11) is 0. The second-order valence-electron chi connectivity index (χ2n) is 4.51. The molecular weight excluding hydrogens is 389 g/mol. The number of rotatable bonds is 2. The number of cyclic esters (lactones) is 1. The monoisotopic (exact) mass is 395 g/mol. The molecule has 1 aliphatic rings. The molecule has 0 unspecified atom stereocenters. The molecule has 110 valence electrons. The quantitative estimate of drug-likeness (QED) is 0.523. The lowest BCUT2D eigenvalue weighted by Gasteiger charge is -1.99. The van der Waals surface area contributed by atoms with Crippen LogP contribution in [0.4, 0.5) is 0 Å². The Morgan fingerprint density at radius 1 is 1.14 bits per heavy atom. The molecule has 0 fully saturated rings. The summed E-state index contributed by atoms with van der Waals surface area (Å²) in [5.74, 6) is -0.247. The first-order chi connectivity index (χ1) is 10.5. The number of hydrogen-bond acceptors (Lipinski definition) is 3. The van der Waals surface area contributed by atoms with Gasteiger partial charge in [0, 0.05) is 20.1 Å². The van der Waals surface area contributed by atoms with Crippen LogP contribution < -0.4 is 0 Å². The van der Waals surface area contributed by atoms with Crippen molar-refractivity contribution in [3.63, 3.8) is 0 Å². The zero-order chi connectivity index (χ0) is 15.7. The largest absolute Gasteiger partial charge is 0.402 e. The first-order valence-corrected chi connectivity index (χ1v) is 7.81. The smallest absolute Gasteiger partial charge is 0.363 e. The van der Waals surface area contributed by atoms with Gasteiger partial charge in [-0.15, -0.1) is 0 Å². The summed E-state index contributed by atoms with van der Waals surface area (Å²) < 4.78 is 6.08. The Kier molecular flexibility index (Phi) is 4.34. The first kappa shape index (κ1) is 15.3. The Hall–Kier alpha value is -1.62. The van der Waals surface area contributed by atoms with E-state index in [4.69, 9.17) is 27.9 Å². The second kappa shape index (κ2) is 6.24. The molecule has 0 saturated heterocycles. The van der Waals surface area contributed by atoms with Crippen LogP contribution in [-0.4, -0.2) is 11.9 Å². The van der Waals surface area contributed by atoms with Crippen LogP contribution in [0.15, 0.2) is 57.6 Å². The van der Waals surface area contributed by atoms with Crippen LogP contribution in [0.1, 0.15) is 11.1 Å². The Balaban J connectivity index is 1.97. The summed E-state index contributed by atoms with van der Waals surface area (Å²) >= 11 is 15.3. The molecule has 3 rings (SSSR count). The van der Waals surface area contributed by atoms with E-state index in [-0.39, 0.29) is 11.6 Å². The number of aliphatic imine (C=N–C) groups is 1. The van der Waals surface area contributed by atoms with E-state index in [0.717, 1.165) is 4.47 Å². The Bertz CT molecular complexity index is 831. The van der Waals surface area contributed by atoms with Gasteiger partial charge in [-0.3, -0.25) is 0 Å². The summed E-state index contributed by atoms with van der Waals surface area (Å²) in [6.45, 7) is 0. The summed E-state index contributed by atoms with van der Waals surface area (Å²) in [5, 5.41) is 0.971. The molecule has 0 aliphatic carbocycles. The van der Waals surface area contributed by atoms with E-state index < -0.39 is 5.97 Å². The van der Waals surface area contributed by atoms with Crippen molar-refractivity contribution in [2.24, 2.45) is 4.99 Å². The van der Waals surface area contributed by atoms with Gasteiger partial charge in [0.15, 0.2) is 5.70 Å². The predicted molar refractivity (Wildman–Crippen MR) is 91.2 cm³/mol. The van der Waals surface area contributed by atoms with Crippen LogP contribution in [0.25, 0.3) is 6.08 Å². The SMILES string of the molecule is O=C1OC(c2cccc(Br)c2)=NC1=Cc1ccc(Cl)cc1Cl. The fourth-order valence-corrected chi connectivity index (χ4v) is 2.78. The number of benzene rings is 2. The number of carbonyl (C=O) groups is 1. The highest BCUT2D eigenvalue weighted by Gasteiger charge is 2.24. The molecule has 2 aromatic rings. The number of esters is 1. The van der Waals surface area contributed by atoms with Gasteiger partial charge < -0.3 is 4.74 Å². The van der Waals surface area contributed by atoms with Gasteiger partial charge in [0.1, 0.15) is 0 Å². The topological polar surface area (TPSA) is 38.7 Å². The molecule has 0 N–H and O–H groups in total. The van der Waals surface area contributed by atoms with Crippen LogP contribution in [-0.2, 0) is 9.53 Å². The summed E-state index contributed by atoms with van der Waals surface area (Å²) in [5.41, 5.74) is 1.56. The second-order valence-corrected chi connectivity index (χ2v) is 6.27. The van der Waals surface area contributed by atoms with Crippen LogP contribution in [0.5, 0.6) is 0 Å². The van der Waals surface area contributed by atoms with Gasteiger partial charge >= 0.3 is 5.97 Å². The summed E-state index contributed by atoms with van der Waals surface area (Å²) in [4.78, 5) is 16.2. The lowest BCUT2D eigenvalue weighted by molar-refractivity contribution is -0.129. The normalized spacial score (nSPS) is 15.9. The van der Waals surface area contributed by atoms with E-state index in [9.17, 15) is 4.79 Å². The molecule has 0 amide bonds. The van der Waals surface area contributed by atoms with E-state index in [1.807, 2.05) is 24.3 Å². The standard InChI is InChI=1S/C16H8BrCl2NO2/c17-11-3-1-2-10(6-11)15-20-14(16(21)22-15)7-9-4-5-12(18)8-13(9)19/h1-8H. The molecule has 2 aromatic carbocycles. The number of carbonyl (C=O) groups excluding carboxylic acids is 1. The maximum absolute atomic E-state index is 11.9. The highest BCUT2D eigenvalue weighted by molar-refractivity contribution is 9.10. The molecule has 6 heteroatoms. The Labute approximate surface area is 145 Å². The van der Waals surface area contributed by atoms with E-state index in [1.165, 1.54) is 0 Å². The van der Waals surface area contributed by atoms with Crippen molar-refractivity contribution < 1.29 is 9.53 Å². The fourth-order valence-electron chi connectivity index (χ4n) is 1.92. The third-order valence-corrected chi connectivity index (χ3v) is 4.00. The Morgan fingerprint density at radius 2 is 1.95 bits per heavy atom. The number of halogens is 3. The van der Waals surface area contributed by atoms with E-state index in [1.54, 1.807) is 24.3 Å². The van der Waals surface area contributed by atoms with Gasteiger partial charge in [-0.25, -0.2) is 9.79 Å². The highest BCUT2D eigenvalue weighted by atomic mass is 79.9. The van der Waals surface area contributed by atoms with Gasteiger partial charge in [0.2, 0.25) is 5.90 Å². The van der Waals surface area contributed by atoms with Crippen molar-refractivity contribution in [1.82, 2.24) is 0 Å². The molecule has 1 heterocycles. The van der Waals surface area contributed by atoms with Crippen molar-refractivity contribution in [1.29, 1.82) is 0 Å². The molecule has 0 radical (unpaired) electrons. The minimum atomic E-state index is -0.513. The predicted octanol–water partition coefficient (Wildman–Crippen LogP) is 5.10. The fraction of sp³-hybridized carbons (Fsp3) is 0. The number of nitrogens with zero attached hydrogens (tertiary/aromatic N) is 1. The van der Waals surface area contributed by atoms with Crippen molar-refractivity contribution >= 4 is 57.1 Å². The Morgan fingerprint density at radius 3 is 2.68 bits per heavy atom. The molecule has 0 saturated carbocycles. The average Bonchev–Trinajstić information content (AvgIpc) is 2.83. The molecule has 3 nitrogen and oxygen atoms in total. The van der Waals surface area contributed by atoms with Gasteiger partial charge in [0.25, 0.3) is 0 Å². The molecule has 0 spiro atoms. The molecular formula is C16H8BrCl2NO2. The van der Waals surface area contributed by atoms with Gasteiger partial charge in [-0.1, -0.05) is 51.3 Å². The van der Waals surface area contributed by atoms with Gasteiger partial charge in [-0.05, 0) is 42.0 Å². The van der Waals surface area contributed by atoms with Crippen molar-refractivity contribution in [2.75, 3.05) is 0 Å². The zero-order valence-corrected chi connectivity index (χ0v) is 14.1. The van der Waals surface area contributed by atoms with Crippen LogP contribution in [0.2, 0.25) is 10.0 Å².